The van der Waals surface area contributed by atoms with Crippen molar-refractivity contribution in [3.63, 3.8) is 0 Å². The first-order valence-corrected chi connectivity index (χ1v) is 4.11. The number of nitrogens with zero attached hydrogens (tertiary/aromatic N) is 2. The van der Waals surface area contributed by atoms with Crippen LogP contribution in [0.1, 0.15) is 15.9 Å². The molecular formula is C8H5F3N2O4. The van der Waals surface area contributed by atoms with Crippen LogP contribution in [0.25, 0.3) is 0 Å². The molecule has 0 bridgehead atoms. The number of hydrogen-bond donors (Lipinski definition) is 0. The van der Waals surface area contributed by atoms with Crippen molar-refractivity contribution in [3.05, 3.63) is 27.3 Å². The zero-order chi connectivity index (χ0) is 13.2. The molecule has 0 amide bonds. The molecule has 0 saturated heterocycles. The zero-order valence-electron chi connectivity index (χ0n) is 8.32. The SMILES string of the molecule is Cc1c(C=O)cc(OC(F)(F)F)nc1[N+](=O)[O-]. The fraction of sp³-hybridized carbons (Fsp3) is 0.250. The predicted molar refractivity (Wildman–Crippen MR) is 47.7 cm³/mol. The fourth-order valence-electron chi connectivity index (χ4n) is 1.06. The van der Waals surface area contributed by atoms with Gasteiger partial charge >= 0.3 is 18.1 Å². The van der Waals surface area contributed by atoms with Gasteiger partial charge in [0.1, 0.15) is 0 Å². The van der Waals surface area contributed by atoms with Crippen molar-refractivity contribution >= 4 is 12.1 Å². The number of aldehydes is 1. The number of nitro groups is 1. The van der Waals surface area contributed by atoms with Crippen LogP contribution in [0.5, 0.6) is 5.88 Å². The molecule has 6 nitrogen and oxygen atoms in total. The number of hydrogen-bond acceptors (Lipinski definition) is 5. The fourth-order valence-corrected chi connectivity index (χ4v) is 1.06. The van der Waals surface area contributed by atoms with Crippen molar-refractivity contribution in [3.8, 4) is 5.88 Å². The smallest absolute Gasteiger partial charge is 0.366 e. The lowest BCUT2D eigenvalue weighted by Gasteiger charge is -2.06. The number of carbonyl (C=O) groups is 1. The number of halogens is 3. The van der Waals surface area contributed by atoms with Crippen LogP contribution in [0.15, 0.2) is 6.07 Å². The molecule has 0 spiro atoms. The van der Waals surface area contributed by atoms with E-state index in [1.165, 1.54) is 6.92 Å². The van der Waals surface area contributed by atoms with Crippen LogP contribution in [0.4, 0.5) is 19.0 Å². The number of aromatic nitrogens is 1. The molecule has 1 aromatic rings. The monoisotopic (exact) mass is 250 g/mol. The van der Waals surface area contributed by atoms with Crippen molar-refractivity contribution in [1.29, 1.82) is 0 Å². The van der Waals surface area contributed by atoms with E-state index in [0.717, 1.165) is 0 Å². The molecule has 0 aliphatic heterocycles. The number of alkyl halides is 3. The Kier molecular flexibility index (Phi) is 3.30. The van der Waals surface area contributed by atoms with Gasteiger partial charge in [-0.1, -0.05) is 0 Å². The van der Waals surface area contributed by atoms with E-state index in [-0.39, 0.29) is 17.4 Å². The first kappa shape index (κ1) is 12.9. The van der Waals surface area contributed by atoms with Crippen LogP contribution >= 0.6 is 0 Å². The maximum atomic E-state index is 11.9. The highest BCUT2D eigenvalue weighted by Gasteiger charge is 2.34. The summed E-state index contributed by atoms with van der Waals surface area (Å²) in [6.45, 7) is 1.20. The highest BCUT2D eigenvalue weighted by molar-refractivity contribution is 5.79. The summed E-state index contributed by atoms with van der Waals surface area (Å²) in [6.07, 6.45) is -4.84. The van der Waals surface area contributed by atoms with E-state index < -0.39 is 23.0 Å². The third-order valence-corrected chi connectivity index (χ3v) is 1.78. The summed E-state index contributed by atoms with van der Waals surface area (Å²) in [5.74, 6) is -1.90. The first-order valence-electron chi connectivity index (χ1n) is 4.11. The Labute approximate surface area is 92.2 Å². The van der Waals surface area contributed by atoms with Crippen LogP contribution in [-0.2, 0) is 0 Å². The average Bonchev–Trinajstić information content (AvgIpc) is 2.17. The van der Waals surface area contributed by atoms with Crippen LogP contribution in [0, 0.1) is 17.0 Å². The molecule has 1 rings (SSSR count). The maximum absolute atomic E-state index is 11.9. The summed E-state index contributed by atoms with van der Waals surface area (Å²) in [5.41, 5.74) is -0.412. The van der Waals surface area contributed by atoms with E-state index in [9.17, 15) is 28.1 Å². The molecule has 9 heteroatoms. The summed E-state index contributed by atoms with van der Waals surface area (Å²) in [7, 11) is 0. The molecule has 1 aromatic heterocycles. The second-order valence-corrected chi connectivity index (χ2v) is 2.92. The molecule has 0 aliphatic rings. The Hall–Kier alpha value is -2.19. The molecule has 0 radical (unpaired) electrons. The van der Waals surface area contributed by atoms with Crippen LogP contribution in [0.3, 0.4) is 0 Å². The zero-order valence-corrected chi connectivity index (χ0v) is 8.32. The minimum Gasteiger partial charge on any atom is -0.366 e. The summed E-state index contributed by atoms with van der Waals surface area (Å²) in [6, 6.07) is 0.683. The van der Waals surface area contributed by atoms with Gasteiger partial charge in [-0.15, -0.1) is 13.2 Å². The van der Waals surface area contributed by atoms with Gasteiger partial charge in [0.25, 0.3) is 0 Å². The van der Waals surface area contributed by atoms with Crippen molar-refractivity contribution < 1.29 is 27.6 Å². The second-order valence-electron chi connectivity index (χ2n) is 2.92. The van der Waals surface area contributed by atoms with Crippen LogP contribution in [-0.4, -0.2) is 22.6 Å². The quantitative estimate of drug-likeness (QED) is 0.465. The molecule has 0 atom stereocenters. The minimum atomic E-state index is -5.03. The number of ether oxygens (including phenoxy) is 1. The molecule has 0 aromatic carbocycles. The topological polar surface area (TPSA) is 82.3 Å². The Morgan fingerprint density at radius 1 is 1.53 bits per heavy atom. The van der Waals surface area contributed by atoms with E-state index in [1.54, 1.807) is 0 Å². The van der Waals surface area contributed by atoms with Crippen LogP contribution < -0.4 is 4.74 Å². The van der Waals surface area contributed by atoms with Gasteiger partial charge in [0.2, 0.25) is 0 Å². The highest BCUT2D eigenvalue weighted by Crippen LogP contribution is 2.27. The van der Waals surface area contributed by atoms with Crippen molar-refractivity contribution in [2.75, 3.05) is 0 Å². The first-order chi connectivity index (χ1) is 7.74. The third-order valence-electron chi connectivity index (χ3n) is 1.78. The number of pyridine rings is 1. The summed E-state index contributed by atoms with van der Waals surface area (Å²) in [4.78, 5) is 23.1. The lowest BCUT2D eigenvalue weighted by Crippen LogP contribution is -2.18. The predicted octanol–water partition coefficient (Wildman–Crippen LogP) is 2.01. The summed E-state index contributed by atoms with van der Waals surface area (Å²) in [5, 5.41) is 10.5. The Morgan fingerprint density at radius 2 is 2.12 bits per heavy atom. The van der Waals surface area contributed by atoms with E-state index in [4.69, 9.17) is 0 Å². The highest BCUT2D eigenvalue weighted by atomic mass is 19.4. The van der Waals surface area contributed by atoms with E-state index >= 15 is 0 Å². The maximum Gasteiger partial charge on any atom is 0.575 e. The average molecular weight is 250 g/mol. The van der Waals surface area contributed by atoms with Gasteiger partial charge in [0.05, 0.1) is 5.56 Å². The molecule has 0 fully saturated rings. The van der Waals surface area contributed by atoms with Gasteiger partial charge in [-0.05, 0) is 11.8 Å². The Bertz CT molecular complexity index is 473. The molecule has 0 unspecified atom stereocenters. The van der Waals surface area contributed by atoms with Gasteiger partial charge in [0.15, 0.2) is 6.29 Å². The van der Waals surface area contributed by atoms with Gasteiger partial charge in [0, 0.05) is 16.6 Å². The van der Waals surface area contributed by atoms with Crippen molar-refractivity contribution in [1.82, 2.24) is 4.98 Å². The van der Waals surface area contributed by atoms with E-state index in [1.807, 2.05) is 0 Å². The standard InChI is InChI=1S/C8H5F3N2O4/c1-4-5(3-14)2-6(17-8(9,10)11)12-7(4)13(15)16/h2-3H,1H3. The van der Waals surface area contributed by atoms with Gasteiger partial charge in [-0.2, -0.15) is 0 Å². The molecular weight excluding hydrogens is 245 g/mol. The molecule has 0 saturated carbocycles. The molecule has 92 valence electrons. The van der Waals surface area contributed by atoms with E-state index in [2.05, 4.69) is 9.72 Å². The lowest BCUT2D eigenvalue weighted by molar-refractivity contribution is -0.390. The second kappa shape index (κ2) is 4.36. The third kappa shape index (κ3) is 3.13. The lowest BCUT2D eigenvalue weighted by atomic mass is 10.1. The molecule has 0 aliphatic carbocycles. The molecule has 17 heavy (non-hydrogen) atoms. The number of rotatable bonds is 3. The molecule has 1 heterocycles. The van der Waals surface area contributed by atoms with Crippen molar-refractivity contribution in [2.45, 2.75) is 13.3 Å². The van der Waals surface area contributed by atoms with Crippen LogP contribution in [0.2, 0.25) is 0 Å². The van der Waals surface area contributed by atoms with E-state index in [0.29, 0.717) is 6.07 Å². The van der Waals surface area contributed by atoms with Gasteiger partial charge < -0.3 is 14.9 Å². The Balaban J connectivity index is 3.30. The van der Waals surface area contributed by atoms with Gasteiger partial charge in [-0.3, -0.25) is 4.79 Å². The Morgan fingerprint density at radius 3 is 2.53 bits per heavy atom. The largest absolute Gasteiger partial charge is 0.575 e. The van der Waals surface area contributed by atoms with Crippen molar-refractivity contribution in [2.24, 2.45) is 0 Å². The van der Waals surface area contributed by atoms with Gasteiger partial charge in [-0.25, -0.2) is 0 Å². The summed E-state index contributed by atoms with van der Waals surface area (Å²) >= 11 is 0. The number of carbonyl (C=O) groups excluding carboxylic acids is 1. The minimum absolute atomic E-state index is 0.125. The molecule has 0 N–H and O–H groups in total. The summed E-state index contributed by atoms with van der Waals surface area (Å²) < 4.78 is 39.1. The normalized spacial score (nSPS) is 11.1.